The first-order valence-electron chi connectivity index (χ1n) is 7.22. The zero-order chi connectivity index (χ0) is 12.9. The van der Waals surface area contributed by atoms with Crippen molar-refractivity contribution >= 4 is 11.8 Å². The van der Waals surface area contributed by atoms with E-state index in [0.29, 0.717) is 0 Å². The smallest absolute Gasteiger partial charge is 0.0757 e. The van der Waals surface area contributed by atoms with Crippen LogP contribution in [0.4, 0.5) is 0 Å². The van der Waals surface area contributed by atoms with Crippen LogP contribution in [-0.4, -0.2) is 47.3 Å². The third kappa shape index (κ3) is 11.1. The standard InChI is InChI=1S/C14H31NOS/c1-4-7-9-15(10-8-5-2)12-14(16)13-17-11-6-3/h14,16H,4-13H2,1-3H3. The van der Waals surface area contributed by atoms with Gasteiger partial charge in [0, 0.05) is 12.3 Å². The molecule has 104 valence electrons. The van der Waals surface area contributed by atoms with E-state index in [0.717, 1.165) is 25.4 Å². The average molecular weight is 261 g/mol. The van der Waals surface area contributed by atoms with E-state index in [4.69, 9.17) is 0 Å². The summed E-state index contributed by atoms with van der Waals surface area (Å²) in [6.45, 7) is 9.79. The molecule has 0 saturated carbocycles. The Balaban J connectivity index is 3.76. The zero-order valence-corrected chi connectivity index (χ0v) is 12.8. The zero-order valence-electron chi connectivity index (χ0n) is 12.0. The predicted molar refractivity (Wildman–Crippen MR) is 79.9 cm³/mol. The van der Waals surface area contributed by atoms with Gasteiger partial charge in [-0.15, -0.1) is 0 Å². The maximum absolute atomic E-state index is 9.98. The van der Waals surface area contributed by atoms with E-state index in [-0.39, 0.29) is 6.10 Å². The molecule has 0 aromatic rings. The van der Waals surface area contributed by atoms with Crippen LogP contribution >= 0.6 is 11.8 Å². The van der Waals surface area contributed by atoms with Crippen LogP contribution in [0.3, 0.4) is 0 Å². The molecule has 0 aliphatic rings. The van der Waals surface area contributed by atoms with Gasteiger partial charge >= 0.3 is 0 Å². The molecule has 0 aromatic heterocycles. The van der Waals surface area contributed by atoms with Crippen LogP contribution in [0.15, 0.2) is 0 Å². The molecule has 0 aliphatic heterocycles. The first-order valence-corrected chi connectivity index (χ1v) is 8.38. The summed E-state index contributed by atoms with van der Waals surface area (Å²) in [4.78, 5) is 2.43. The molecule has 0 radical (unpaired) electrons. The highest BCUT2D eigenvalue weighted by Gasteiger charge is 2.10. The van der Waals surface area contributed by atoms with Gasteiger partial charge in [-0.05, 0) is 38.1 Å². The van der Waals surface area contributed by atoms with Gasteiger partial charge < -0.3 is 10.0 Å². The third-order valence-electron chi connectivity index (χ3n) is 2.78. The summed E-state index contributed by atoms with van der Waals surface area (Å²) in [6.07, 6.45) is 6.02. The summed E-state index contributed by atoms with van der Waals surface area (Å²) in [5, 5.41) is 9.98. The summed E-state index contributed by atoms with van der Waals surface area (Å²) in [5.41, 5.74) is 0. The van der Waals surface area contributed by atoms with Crippen LogP contribution in [0.1, 0.15) is 52.9 Å². The van der Waals surface area contributed by atoms with Gasteiger partial charge in [0.2, 0.25) is 0 Å². The lowest BCUT2D eigenvalue weighted by molar-refractivity contribution is 0.128. The lowest BCUT2D eigenvalue weighted by Gasteiger charge is -2.24. The van der Waals surface area contributed by atoms with E-state index in [1.54, 1.807) is 0 Å². The number of thioether (sulfide) groups is 1. The Morgan fingerprint density at radius 2 is 1.59 bits per heavy atom. The van der Waals surface area contributed by atoms with E-state index in [1.807, 2.05) is 11.8 Å². The SMILES string of the molecule is CCCCN(CCCC)CC(O)CSCCC. The molecule has 0 rings (SSSR count). The predicted octanol–water partition coefficient (Wildman–Crippen LogP) is 3.39. The van der Waals surface area contributed by atoms with Crippen molar-refractivity contribution in [2.45, 2.75) is 59.0 Å². The monoisotopic (exact) mass is 261 g/mol. The second-order valence-corrected chi connectivity index (χ2v) is 5.89. The third-order valence-corrected chi connectivity index (χ3v) is 4.10. The highest BCUT2D eigenvalue weighted by atomic mass is 32.2. The molecule has 0 amide bonds. The molecule has 1 atom stereocenters. The topological polar surface area (TPSA) is 23.5 Å². The molecule has 1 unspecified atom stereocenters. The van der Waals surface area contributed by atoms with Gasteiger partial charge in [0.15, 0.2) is 0 Å². The molecule has 0 aliphatic carbocycles. The van der Waals surface area contributed by atoms with E-state index in [2.05, 4.69) is 25.7 Å². The fraction of sp³-hybridized carbons (Fsp3) is 1.00. The Hall–Kier alpha value is 0.270. The van der Waals surface area contributed by atoms with E-state index in [1.165, 1.54) is 37.9 Å². The quantitative estimate of drug-likeness (QED) is 0.545. The van der Waals surface area contributed by atoms with Crippen molar-refractivity contribution in [2.75, 3.05) is 31.1 Å². The Morgan fingerprint density at radius 1 is 1.00 bits per heavy atom. The number of rotatable bonds is 12. The average Bonchev–Trinajstić information content (AvgIpc) is 2.33. The van der Waals surface area contributed by atoms with Crippen molar-refractivity contribution in [2.24, 2.45) is 0 Å². The number of aliphatic hydroxyl groups excluding tert-OH is 1. The first-order chi connectivity index (χ1) is 8.24. The molecular formula is C14H31NOS. The Labute approximate surface area is 112 Å². The lowest BCUT2D eigenvalue weighted by atomic mass is 10.2. The molecule has 0 bridgehead atoms. The highest BCUT2D eigenvalue weighted by Crippen LogP contribution is 2.07. The highest BCUT2D eigenvalue weighted by molar-refractivity contribution is 7.99. The summed E-state index contributed by atoms with van der Waals surface area (Å²) in [6, 6.07) is 0. The Kier molecular flexibility index (Phi) is 12.9. The van der Waals surface area contributed by atoms with Crippen LogP contribution < -0.4 is 0 Å². The maximum Gasteiger partial charge on any atom is 0.0757 e. The van der Waals surface area contributed by atoms with Crippen molar-refractivity contribution < 1.29 is 5.11 Å². The fourth-order valence-electron chi connectivity index (χ4n) is 1.77. The molecule has 3 heteroatoms. The van der Waals surface area contributed by atoms with Gasteiger partial charge in [-0.3, -0.25) is 0 Å². The fourth-order valence-corrected chi connectivity index (χ4v) is 2.61. The maximum atomic E-state index is 9.98. The van der Waals surface area contributed by atoms with Gasteiger partial charge in [-0.25, -0.2) is 0 Å². The van der Waals surface area contributed by atoms with E-state index < -0.39 is 0 Å². The second kappa shape index (κ2) is 12.7. The Bertz CT molecular complexity index is 147. The molecule has 0 saturated heterocycles. The largest absolute Gasteiger partial charge is 0.391 e. The number of aliphatic hydroxyl groups is 1. The van der Waals surface area contributed by atoms with Crippen LogP contribution in [0.2, 0.25) is 0 Å². The minimum atomic E-state index is -0.153. The van der Waals surface area contributed by atoms with Crippen molar-refractivity contribution in [1.29, 1.82) is 0 Å². The summed E-state index contributed by atoms with van der Waals surface area (Å²) < 4.78 is 0. The minimum Gasteiger partial charge on any atom is -0.391 e. The normalized spacial score (nSPS) is 13.2. The number of hydrogen-bond donors (Lipinski definition) is 1. The van der Waals surface area contributed by atoms with Crippen LogP contribution in [0, 0.1) is 0 Å². The van der Waals surface area contributed by atoms with E-state index >= 15 is 0 Å². The van der Waals surface area contributed by atoms with E-state index in [9.17, 15) is 5.11 Å². The second-order valence-electron chi connectivity index (χ2n) is 4.74. The number of hydrogen-bond acceptors (Lipinski definition) is 3. The van der Waals surface area contributed by atoms with Crippen molar-refractivity contribution in [3.8, 4) is 0 Å². The van der Waals surface area contributed by atoms with Gasteiger partial charge in [0.25, 0.3) is 0 Å². The van der Waals surface area contributed by atoms with Crippen molar-refractivity contribution in [3.63, 3.8) is 0 Å². The minimum absolute atomic E-state index is 0.153. The Morgan fingerprint density at radius 3 is 2.06 bits per heavy atom. The summed E-state index contributed by atoms with van der Waals surface area (Å²) >= 11 is 1.87. The van der Waals surface area contributed by atoms with Gasteiger partial charge in [0.1, 0.15) is 0 Å². The molecule has 0 heterocycles. The van der Waals surface area contributed by atoms with Crippen molar-refractivity contribution in [1.82, 2.24) is 4.90 Å². The van der Waals surface area contributed by atoms with Crippen LogP contribution in [-0.2, 0) is 0 Å². The lowest BCUT2D eigenvalue weighted by Crippen LogP contribution is -2.35. The molecule has 0 spiro atoms. The molecule has 2 nitrogen and oxygen atoms in total. The molecule has 1 N–H and O–H groups in total. The molecule has 0 fully saturated rings. The number of unbranched alkanes of at least 4 members (excludes halogenated alkanes) is 2. The first kappa shape index (κ1) is 17.3. The van der Waals surface area contributed by atoms with Gasteiger partial charge in [-0.1, -0.05) is 33.6 Å². The summed E-state index contributed by atoms with van der Waals surface area (Å²) in [7, 11) is 0. The molecule has 0 aromatic carbocycles. The molecular weight excluding hydrogens is 230 g/mol. The molecule has 17 heavy (non-hydrogen) atoms. The van der Waals surface area contributed by atoms with Crippen LogP contribution in [0.5, 0.6) is 0 Å². The van der Waals surface area contributed by atoms with Crippen LogP contribution in [0.25, 0.3) is 0 Å². The number of nitrogens with zero attached hydrogens (tertiary/aromatic N) is 1. The van der Waals surface area contributed by atoms with Gasteiger partial charge in [-0.2, -0.15) is 11.8 Å². The van der Waals surface area contributed by atoms with Crippen molar-refractivity contribution in [3.05, 3.63) is 0 Å². The van der Waals surface area contributed by atoms with Gasteiger partial charge in [0.05, 0.1) is 6.10 Å². The summed E-state index contributed by atoms with van der Waals surface area (Å²) in [5.74, 6) is 2.06.